The molecule has 0 saturated carbocycles. The maximum atomic E-state index is 13.5. The molecule has 4 aromatic rings. The zero-order valence-corrected chi connectivity index (χ0v) is 24.8. The molecule has 0 radical (unpaired) electrons. The van der Waals surface area contributed by atoms with Gasteiger partial charge in [0, 0.05) is 27.8 Å². The summed E-state index contributed by atoms with van der Waals surface area (Å²) < 4.78 is 10.7. The van der Waals surface area contributed by atoms with Crippen LogP contribution in [0.25, 0.3) is 6.08 Å². The molecule has 4 aromatic carbocycles. The largest absolute Gasteiger partial charge is 0.497 e. The van der Waals surface area contributed by atoms with Crippen LogP contribution in [0.2, 0.25) is 0 Å². The van der Waals surface area contributed by atoms with E-state index in [2.05, 4.69) is 16.0 Å². The standard InChI is InChI=1S/C33H30N4O6S/c1-42-24-16-15-22(29(19-24)43-2)17-28(37-32(40)21-9-4-3-5-10-21)33(41)35-23-11-8-12-25(18-23)44-20-30(38)36-27-14-7-6-13-26(27)31(34)39/h3-19H,20H2,1-2H3,(H2,34,39)(H,35,41)(H,36,38)(H,37,40)/b28-17+. The second kappa shape index (κ2) is 15.1. The van der Waals surface area contributed by atoms with E-state index in [0.29, 0.717) is 38.9 Å². The summed E-state index contributed by atoms with van der Waals surface area (Å²) in [7, 11) is 3.03. The van der Waals surface area contributed by atoms with Crippen LogP contribution in [0.5, 0.6) is 11.5 Å². The molecule has 0 saturated heterocycles. The summed E-state index contributed by atoms with van der Waals surface area (Å²) in [5, 5.41) is 8.22. The predicted octanol–water partition coefficient (Wildman–Crippen LogP) is 4.94. The topological polar surface area (TPSA) is 149 Å². The van der Waals surface area contributed by atoms with E-state index in [4.69, 9.17) is 15.2 Å². The smallest absolute Gasteiger partial charge is 0.272 e. The molecule has 44 heavy (non-hydrogen) atoms. The summed E-state index contributed by atoms with van der Waals surface area (Å²) in [5.41, 5.74) is 7.28. The minimum Gasteiger partial charge on any atom is -0.497 e. The van der Waals surface area contributed by atoms with Gasteiger partial charge in [0.25, 0.3) is 17.7 Å². The Kier molecular flexibility index (Phi) is 10.8. The van der Waals surface area contributed by atoms with Crippen LogP contribution in [-0.2, 0) is 9.59 Å². The fraction of sp³-hybridized carbons (Fsp3) is 0.0909. The summed E-state index contributed by atoms with van der Waals surface area (Å²) in [4.78, 5) is 51.4. The summed E-state index contributed by atoms with van der Waals surface area (Å²) in [6.07, 6.45) is 1.52. The fourth-order valence-corrected chi connectivity index (χ4v) is 4.79. The van der Waals surface area contributed by atoms with Crippen molar-refractivity contribution in [3.63, 3.8) is 0 Å². The van der Waals surface area contributed by atoms with Crippen LogP contribution in [0.1, 0.15) is 26.3 Å². The highest BCUT2D eigenvalue weighted by molar-refractivity contribution is 8.00. The first-order valence-electron chi connectivity index (χ1n) is 13.3. The van der Waals surface area contributed by atoms with E-state index in [9.17, 15) is 19.2 Å². The number of benzene rings is 4. The molecule has 0 aliphatic rings. The number of ether oxygens (including phenoxy) is 2. The number of carbonyl (C=O) groups is 4. The maximum absolute atomic E-state index is 13.5. The van der Waals surface area contributed by atoms with E-state index in [1.807, 2.05) is 0 Å². The number of hydrogen-bond donors (Lipinski definition) is 4. The van der Waals surface area contributed by atoms with Crippen molar-refractivity contribution in [1.82, 2.24) is 5.32 Å². The SMILES string of the molecule is COc1ccc(/C=C(/NC(=O)c2ccccc2)C(=O)Nc2cccc(SCC(=O)Nc3ccccc3C(N)=O)c2)c(OC)c1. The van der Waals surface area contributed by atoms with Gasteiger partial charge in [-0.3, -0.25) is 19.2 Å². The number of methoxy groups -OCH3 is 2. The third kappa shape index (κ3) is 8.49. The molecule has 0 spiro atoms. The van der Waals surface area contributed by atoms with Gasteiger partial charge in [-0.15, -0.1) is 11.8 Å². The molecule has 4 rings (SSSR count). The first-order valence-corrected chi connectivity index (χ1v) is 14.3. The van der Waals surface area contributed by atoms with Crippen molar-refractivity contribution in [1.29, 1.82) is 0 Å². The van der Waals surface area contributed by atoms with Crippen molar-refractivity contribution in [2.45, 2.75) is 4.90 Å². The molecular weight excluding hydrogens is 580 g/mol. The second-order valence-electron chi connectivity index (χ2n) is 9.21. The lowest BCUT2D eigenvalue weighted by Gasteiger charge is -2.13. The van der Waals surface area contributed by atoms with E-state index in [-0.39, 0.29) is 22.9 Å². The lowest BCUT2D eigenvalue weighted by atomic mass is 10.1. The van der Waals surface area contributed by atoms with Crippen LogP contribution in [0, 0.1) is 0 Å². The van der Waals surface area contributed by atoms with Crippen molar-refractivity contribution in [3.05, 3.63) is 119 Å². The average molecular weight is 611 g/mol. The number of thioether (sulfide) groups is 1. The minimum atomic E-state index is -0.643. The molecular formula is C33H30N4O6S. The summed E-state index contributed by atoms with van der Waals surface area (Å²) in [6, 6.07) is 27.0. The zero-order valence-electron chi connectivity index (χ0n) is 24.0. The Hall–Kier alpha value is -5.55. The minimum absolute atomic E-state index is 0.0205. The van der Waals surface area contributed by atoms with Gasteiger partial charge in [-0.2, -0.15) is 0 Å². The zero-order chi connectivity index (χ0) is 31.5. The Bertz CT molecular complexity index is 1710. The number of hydrogen-bond acceptors (Lipinski definition) is 7. The predicted molar refractivity (Wildman–Crippen MR) is 171 cm³/mol. The van der Waals surface area contributed by atoms with Gasteiger partial charge in [-0.05, 0) is 60.7 Å². The Morgan fingerprint density at radius 1 is 0.818 bits per heavy atom. The third-order valence-corrected chi connectivity index (χ3v) is 7.19. The number of amides is 4. The number of carbonyl (C=O) groups excluding carboxylic acids is 4. The van der Waals surface area contributed by atoms with Gasteiger partial charge >= 0.3 is 0 Å². The molecule has 0 heterocycles. The number of anilines is 2. The van der Waals surface area contributed by atoms with Crippen LogP contribution in [0.15, 0.2) is 108 Å². The average Bonchev–Trinajstić information content (AvgIpc) is 3.04. The van der Waals surface area contributed by atoms with Crippen LogP contribution in [0.4, 0.5) is 11.4 Å². The van der Waals surface area contributed by atoms with E-state index in [0.717, 1.165) is 0 Å². The van der Waals surface area contributed by atoms with E-state index in [1.165, 1.54) is 38.1 Å². The van der Waals surface area contributed by atoms with Gasteiger partial charge in [0.05, 0.1) is 31.2 Å². The Morgan fingerprint density at radius 3 is 2.30 bits per heavy atom. The Morgan fingerprint density at radius 2 is 1.57 bits per heavy atom. The molecule has 0 bridgehead atoms. The molecule has 10 nitrogen and oxygen atoms in total. The van der Waals surface area contributed by atoms with E-state index >= 15 is 0 Å². The van der Waals surface area contributed by atoms with Gasteiger partial charge in [0.1, 0.15) is 17.2 Å². The van der Waals surface area contributed by atoms with Gasteiger partial charge in [0.15, 0.2) is 0 Å². The molecule has 224 valence electrons. The Labute approximate surface area is 258 Å². The first kappa shape index (κ1) is 31.4. The molecule has 0 fully saturated rings. The molecule has 0 aromatic heterocycles. The maximum Gasteiger partial charge on any atom is 0.272 e. The van der Waals surface area contributed by atoms with Crippen molar-refractivity contribution < 1.29 is 28.7 Å². The fourth-order valence-electron chi connectivity index (χ4n) is 4.04. The van der Waals surface area contributed by atoms with Gasteiger partial charge in [0.2, 0.25) is 5.91 Å². The van der Waals surface area contributed by atoms with Crippen LogP contribution >= 0.6 is 11.8 Å². The number of para-hydroxylation sites is 1. The van der Waals surface area contributed by atoms with Crippen molar-refractivity contribution in [2.24, 2.45) is 5.73 Å². The lowest BCUT2D eigenvalue weighted by molar-refractivity contribution is -0.114. The van der Waals surface area contributed by atoms with Crippen LogP contribution in [-0.4, -0.2) is 43.6 Å². The molecule has 11 heteroatoms. The lowest BCUT2D eigenvalue weighted by Crippen LogP contribution is -2.30. The van der Waals surface area contributed by atoms with Crippen LogP contribution < -0.4 is 31.2 Å². The van der Waals surface area contributed by atoms with Crippen molar-refractivity contribution in [3.8, 4) is 11.5 Å². The molecule has 0 unspecified atom stereocenters. The first-order chi connectivity index (χ1) is 21.3. The summed E-state index contributed by atoms with van der Waals surface area (Å²) >= 11 is 1.24. The molecule has 5 N–H and O–H groups in total. The normalized spacial score (nSPS) is 10.8. The molecule has 0 atom stereocenters. The quantitative estimate of drug-likeness (QED) is 0.131. The highest BCUT2D eigenvalue weighted by atomic mass is 32.2. The summed E-state index contributed by atoms with van der Waals surface area (Å²) in [5.74, 6) is -0.962. The molecule has 4 amide bonds. The monoisotopic (exact) mass is 610 g/mol. The Balaban J connectivity index is 1.50. The molecule has 0 aliphatic carbocycles. The molecule has 0 aliphatic heterocycles. The van der Waals surface area contributed by atoms with Gasteiger partial charge in [-0.1, -0.05) is 36.4 Å². The van der Waals surface area contributed by atoms with E-state index < -0.39 is 17.7 Å². The number of primary amides is 1. The van der Waals surface area contributed by atoms with Crippen molar-refractivity contribution in [2.75, 3.05) is 30.6 Å². The second-order valence-corrected chi connectivity index (χ2v) is 10.3. The third-order valence-electron chi connectivity index (χ3n) is 6.20. The highest BCUT2D eigenvalue weighted by Crippen LogP contribution is 2.27. The number of nitrogens with two attached hydrogens (primary N) is 1. The van der Waals surface area contributed by atoms with Gasteiger partial charge in [-0.25, -0.2) is 0 Å². The van der Waals surface area contributed by atoms with Crippen molar-refractivity contribution >= 4 is 52.8 Å². The highest BCUT2D eigenvalue weighted by Gasteiger charge is 2.17. The number of rotatable bonds is 12. The van der Waals surface area contributed by atoms with Gasteiger partial charge < -0.3 is 31.2 Å². The van der Waals surface area contributed by atoms with Crippen LogP contribution in [0.3, 0.4) is 0 Å². The number of nitrogens with one attached hydrogen (secondary N) is 3. The van der Waals surface area contributed by atoms with E-state index in [1.54, 1.807) is 91.0 Å². The summed E-state index contributed by atoms with van der Waals surface area (Å²) in [6.45, 7) is 0.